The number of carbonyl (C=O) groups excluding carboxylic acids is 1. The summed E-state index contributed by atoms with van der Waals surface area (Å²) in [4.78, 5) is 50.6. The number of halogens is 1. The standard InChI is InChI=1S/C27H23ClN4O5S2/c1-13(2)36-25(35)22-15(4)30-27-32(23(22)16-5-7-17(28)8-6-16)24(34)19(38-27)12-18-9-10-21(37-18)39-26-29-14(3)11-20(33)31-26/h5-13,23H,1-4H3,(H,29,31,33)/b19-12+/t23-/m0/s1. The number of furan rings is 1. The molecule has 0 saturated carbocycles. The Morgan fingerprint density at radius 3 is 2.64 bits per heavy atom. The predicted molar refractivity (Wildman–Crippen MR) is 149 cm³/mol. The molecule has 1 aliphatic heterocycles. The SMILES string of the molecule is CC1=C(C(=O)OC(C)C)[C@H](c2ccc(Cl)cc2)n2c(s/c(=C/c3ccc(Sc4nc(C)cc(=O)[nH]4)o3)c2=O)=N1. The molecule has 12 heteroatoms. The minimum Gasteiger partial charge on any atom is -0.459 e. The molecule has 0 unspecified atom stereocenters. The number of ether oxygens (including phenoxy) is 1. The van der Waals surface area contributed by atoms with E-state index in [0.29, 0.717) is 52.9 Å². The van der Waals surface area contributed by atoms with Gasteiger partial charge in [-0.15, -0.1) is 0 Å². The number of carbonyl (C=O) groups is 1. The van der Waals surface area contributed by atoms with Gasteiger partial charge in [-0.2, -0.15) is 0 Å². The Morgan fingerprint density at radius 1 is 1.21 bits per heavy atom. The average Bonchev–Trinajstić information content (AvgIpc) is 3.41. The second-order valence-corrected chi connectivity index (χ2v) is 11.5. The van der Waals surface area contributed by atoms with Crippen molar-refractivity contribution in [3.05, 3.63) is 106 Å². The van der Waals surface area contributed by atoms with Crippen LogP contribution >= 0.6 is 34.7 Å². The maximum Gasteiger partial charge on any atom is 0.338 e. The minimum atomic E-state index is -0.737. The Morgan fingerprint density at radius 2 is 1.95 bits per heavy atom. The van der Waals surface area contributed by atoms with Crippen LogP contribution in [-0.4, -0.2) is 26.6 Å². The van der Waals surface area contributed by atoms with Gasteiger partial charge in [-0.25, -0.2) is 14.8 Å². The summed E-state index contributed by atoms with van der Waals surface area (Å²) in [5.41, 5.74) is 1.49. The molecule has 1 N–H and O–H groups in total. The van der Waals surface area contributed by atoms with Crippen LogP contribution in [-0.2, 0) is 9.53 Å². The molecule has 4 heterocycles. The summed E-state index contributed by atoms with van der Waals surface area (Å²) in [7, 11) is 0. The van der Waals surface area contributed by atoms with E-state index in [1.807, 2.05) is 0 Å². The van der Waals surface area contributed by atoms with Crippen molar-refractivity contribution in [1.82, 2.24) is 14.5 Å². The van der Waals surface area contributed by atoms with Gasteiger partial charge in [0.15, 0.2) is 15.1 Å². The zero-order valence-corrected chi connectivity index (χ0v) is 23.7. The highest BCUT2D eigenvalue weighted by Crippen LogP contribution is 2.32. The summed E-state index contributed by atoms with van der Waals surface area (Å²) < 4.78 is 13.3. The Labute approximate surface area is 235 Å². The summed E-state index contributed by atoms with van der Waals surface area (Å²) in [6.07, 6.45) is 1.29. The molecule has 3 aromatic heterocycles. The molecule has 1 aromatic carbocycles. The van der Waals surface area contributed by atoms with Crippen molar-refractivity contribution in [2.45, 2.75) is 50.1 Å². The Kier molecular flexibility index (Phi) is 7.48. The van der Waals surface area contributed by atoms with E-state index >= 15 is 0 Å². The largest absolute Gasteiger partial charge is 0.459 e. The first-order valence-electron chi connectivity index (χ1n) is 11.9. The van der Waals surface area contributed by atoms with Crippen LogP contribution in [0.5, 0.6) is 0 Å². The quantitative estimate of drug-likeness (QED) is 0.270. The molecule has 0 fully saturated rings. The molecule has 9 nitrogen and oxygen atoms in total. The molecule has 39 heavy (non-hydrogen) atoms. The highest BCUT2D eigenvalue weighted by molar-refractivity contribution is 7.99. The lowest BCUT2D eigenvalue weighted by atomic mass is 9.96. The maximum atomic E-state index is 13.7. The molecule has 0 saturated heterocycles. The first-order valence-corrected chi connectivity index (χ1v) is 13.9. The van der Waals surface area contributed by atoms with Crippen molar-refractivity contribution >= 4 is 46.7 Å². The molecule has 1 aliphatic rings. The van der Waals surface area contributed by atoms with Crippen molar-refractivity contribution in [2.75, 3.05) is 0 Å². The van der Waals surface area contributed by atoms with Gasteiger partial charge >= 0.3 is 5.97 Å². The fourth-order valence-electron chi connectivity index (χ4n) is 4.11. The second kappa shape index (κ2) is 10.8. The van der Waals surface area contributed by atoms with Gasteiger partial charge in [0, 0.05) is 22.9 Å². The summed E-state index contributed by atoms with van der Waals surface area (Å²) >= 11 is 8.48. The number of allylic oxidation sites excluding steroid dienone is 1. The van der Waals surface area contributed by atoms with Gasteiger partial charge in [-0.1, -0.05) is 35.1 Å². The molecule has 0 aliphatic carbocycles. The molecule has 4 aromatic rings. The Bertz CT molecular complexity index is 1850. The number of fused-ring (bicyclic) bond motifs is 1. The van der Waals surface area contributed by atoms with E-state index in [1.165, 1.54) is 33.7 Å². The van der Waals surface area contributed by atoms with Crippen LogP contribution in [0, 0.1) is 6.92 Å². The van der Waals surface area contributed by atoms with Gasteiger partial charge in [0.2, 0.25) is 0 Å². The van der Waals surface area contributed by atoms with E-state index in [1.54, 1.807) is 70.2 Å². The zero-order chi connectivity index (χ0) is 27.8. The van der Waals surface area contributed by atoms with Crippen molar-refractivity contribution < 1.29 is 13.9 Å². The van der Waals surface area contributed by atoms with Gasteiger partial charge in [0.1, 0.15) is 5.76 Å². The number of hydrogen-bond donors (Lipinski definition) is 1. The molecular weight excluding hydrogens is 560 g/mol. The van der Waals surface area contributed by atoms with Crippen LogP contribution in [0.1, 0.15) is 43.8 Å². The zero-order valence-electron chi connectivity index (χ0n) is 21.4. The summed E-state index contributed by atoms with van der Waals surface area (Å²) in [5.74, 6) is -0.0908. The molecule has 200 valence electrons. The van der Waals surface area contributed by atoms with E-state index in [0.717, 1.165) is 0 Å². The second-order valence-electron chi connectivity index (χ2n) is 9.04. The molecule has 1 atom stereocenters. The van der Waals surface area contributed by atoms with E-state index in [9.17, 15) is 14.4 Å². The first-order chi connectivity index (χ1) is 18.6. The Balaban J connectivity index is 1.57. The number of hydrogen-bond acceptors (Lipinski definition) is 9. The highest BCUT2D eigenvalue weighted by Gasteiger charge is 2.33. The van der Waals surface area contributed by atoms with Gasteiger partial charge < -0.3 is 14.1 Å². The number of benzene rings is 1. The van der Waals surface area contributed by atoms with E-state index in [-0.39, 0.29) is 17.2 Å². The van der Waals surface area contributed by atoms with Crippen LogP contribution < -0.4 is 20.5 Å². The normalized spacial score (nSPS) is 15.4. The monoisotopic (exact) mass is 582 g/mol. The number of aryl methyl sites for hydroxylation is 1. The van der Waals surface area contributed by atoms with Crippen LogP contribution in [0.2, 0.25) is 5.02 Å². The predicted octanol–water partition coefficient (Wildman–Crippen LogP) is 3.98. The number of esters is 1. The number of H-pyrrole nitrogens is 1. The number of rotatable bonds is 6. The average molecular weight is 583 g/mol. The number of aromatic amines is 1. The number of nitrogens with one attached hydrogen (secondary N) is 1. The third-order valence-corrected chi connectivity index (χ3v) is 7.73. The smallest absolute Gasteiger partial charge is 0.338 e. The molecule has 0 spiro atoms. The van der Waals surface area contributed by atoms with Gasteiger partial charge in [0.05, 0.1) is 27.9 Å². The lowest BCUT2D eigenvalue weighted by Gasteiger charge is -2.25. The summed E-state index contributed by atoms with van der Waals surface area (Å²) in [6, 6.07) is 11.1. The van der Waals surface area contributed by atoms with Crippen LogP contribution in [0.15, 0.2) is 83.0 Å². The van der Waals surface area contributed by atoms with Crippen molar-refractivity contribution in [3.63, 3.8) is 0 Å². The fourth-order valence-corrected chi connectivity index (χ4v) is 6.07. The van der Waals surface area contributed by atoms with Crippen molar-refractivity contribution in [1.29, 1.82) is 0 Å². The highest BCUT2D eigenvalue weighted by atomic mass is 35.5. The van der Waals surface area contributed by atoms with Gasteiger partial charge in [-0.3, -0.25) is 14.2 Å². The molecular formula is C27H23ClN4O5S2. The molecule has 0 bridgehead atoms. The van der Waals surface area contributed by atoms with E-state index in [2.05, 4.69) is 15.0 Å². The van der Waals surface area contributed by atoms with Crippen molar-refractivity contribution in [3.8, 4) is 0 Å². The Hall–Kier alpha value is -3.67. The fraction of sp³-hybridized carbons (Fsp3) is 0.222. The first kappa shape index (κ1) is 26.9. The van der Waals surface area contributed by atoms with Crippen LogP contribution in [0.3, 0.4) is 0 Å². The summed E-state index contributed by atoms with van der Waals surface area (Å²) in [5, 5.41) is 1.44. The third kappa shape index (κ3) is 5.70. The number of thiazole rings is 1. The third-order valence-electron chi connectivity index (χ3n) is 5.69. The van der Waals surface area contributed by atoms with Crippen LogP contribution in [0.25, 0.3) is 6.08 Å². The molecule has 5 rings (SSSR count). The minimum absolute atomic E-state index is 0.250. The number of aromatic nitrogens is 3. The molecule has 0 radical (unpaired) electrons. The van der Waals surface area contributed by atoms with Crippen LogP contribution in [0.4, 0.5) is 0 Å². The van der Waals surface area contributed by atoms with Gasteiger partial charge in [-0.05, 0) is 69.3 Å². The molecule has 0 amide bonds. The summed E-state index contributed by atoms with van der Waals surface area (Å²) in [6.45, 7) is 7.00. The van der Waals surface area contributed by atoms with E-state index < -0.39 is 12.0 Å². The maximum absolute atomic E-state index is 13.7. The van der Waals surface area contributed by atoms with E-state index in [4.69, 9.17) is 20.8 Å². The topological polar surface area (TPSA) is 120 Å². The lowest BCUT2D eigenvalue weighted by Crippen LogP contribution is -2.40. The van der Waals surface area contributed by atoms with Crippen molar-refractivity contribution in [2.24, 2.45) is 4.99 Å². The lowest BCUT2D eigenvalue weighted by molar-refractivity contribution is -0.143. The number of nitrogens with zero attached hydrogens (tertiary/aromatic N) is 3. The van der Waals surface area contributed by atoms with Gasteiger partial charge in [0.25, 0.3) is 11.1 Å².